The highest BCUT2D eigenvalue weighted by molar-refractivity contribution is 7.98. The van der Waals surface area contributed by atoms with Gasteiger partial charge in [0.2, 0.25) is 0 Å². The summed E-state index contributed by atoms with van der Waals surface area (Å²) in [6.45, 7) is 0. The van der Waals surface area contributed by atoms with E-state index in [2.05, 4.69) is 10.7 Å². The Kier molecular flexibility index (Phi) is 6.20. The highest BCUT2D eigenvalue weighted by atomic mass is 35.5. The summed E-state index contributed by atoms with van der Waals surface area (Å²) in [5.74, 6) is -2.26. The number of hydrogen-bond acceptors (Lipinski definition) is 3. The summed E-state index contributed by atoms with van der Waals surface area (Å²) >= 11 is 7.20. The number of aromatic nitrogens is 1. The topological polar surface area (TPSA) is 56.0 Å². The van der Waals surface area contributed by atoms with Gasteiger partial charge < -0.3 is 5.73 Å². The van der Waals surface area contributed by atoms with E-state index < -0.39 is 12.1 Å². The Labute approximate surface area is 99.2 Å². The molecule has 0 fully saturated rings. The van der Waals surface area contributed by atoms with Crippen LogP contribution < -0.4 is 5.73 Å². The average molecular weight is 273 g/mol. The van der Waals surface area contributed by atoms with Crippen molar-refractivity contribution in [3.8, 4) is 0 Å². The first-order valence-electron chi connectivity index (χ1n) is 3.79. The average Bonchev–Trinajstić information content (AvgIpc) is 2.18. The predicted octanol–water partition coefficient (Wildman–Crippen LogP) is 2.49. The second-order valence-corrected chi connectivity index (χ2v) is 3.65. The number of primary amides is 1. The van der Waals surface area contributed by atoms with Crippen molar-refractivity contribution in [3.05, 3.63) is 23.5 Å². The van der Waals surface area contributed by atoms with Crippen LogP contribution in [0.15, 0.2) is 23.2 Å². The SMILES string of the molecule is CSc1ccc(Cl)nc1.NC(=O)C(F)(F)F. The van der Waals surface area contributed by atoms with Gasteiger partial charge >= 0.3 is 12.1 Å². The van der Waals surface area contributed by atoms with E-state index in [1.165, 1.54) is 0 Å². The number of thioether (sulfide) groups is 1. The van der Waals surface area contributed by atoms with Gasteiger partial charge in [0.25, 0.3) is 0 Å². The van der Waals surface area contributed by atoms with Gasteiger partial charge in [-0.25, -0.2) is 4.98 Å². The van der Waals surface area contributed by atoms with Gasteiger partial charge in [-0.05, 0) is 18.4 Å². The molecule has 1 aromatic rings. The largest absolute Gasteiger partial charge is 0.470 e. The standard InChI is InChI=1S/C6H6ClNS.C2H2F3NO/c1-9-5-2-3-6(7)8-4-5;3-2(4,5)1(6)7/h2-4H,1H3;(H2,6,7). The molecule has 0 saturated heterocycles. The summed E-state index contributed by atoms with van der Waals surface area (Å²) in [7, 11) is 0. The molecule has 0 aliphatic carbocycles. The van der Waals surface area contributed by atoms with Crippen LogP contribution in [0, 0.1) is 0 Å². The van der Waals surface area contributed by atoms with Crippen LogP contribution in [-0.4, -0.2) is 23.3 Å². The molecule has 0 saturated carbocycles. The molecule has 0 aliphatic rings. The number of carbonyl (C=O) groups is 1. The second-order valence-electron chi connectivity index (χ2n) is 2.38. The monoisotopic (exact) mass is 272 g/mol. The van der Waals surface area contributed by atoms with Gasteiger partial charge in [-0.1, -0.05) is 11.6 Å². The van der Waals surface area contributed by atoms with E-state index in [9.17, 15) is 13.2 Å². The maximum Gasteiger partial charge on any atom is 0.470 e. The minimum atomic E-state index is -4.86. The van der Waals surface area contributed by atoms with Crippen LogP contribution in [0.1, 0.15) is 0 Å². The molecule has 1 aromatic heterocycles. The highest BCUT2D eigenvalue weighted by Crippen LogP contribution is 2.14. The van der Waals surface area contributed by atoms with Crippen LogP contribution >= 0.6 is 23.4 Å². The number of rotatable bonds is 1. The van der Waals surface area contributed by atoms with E-state index in [4.69, 9.17) is 16.4 Å². The molecule has 2 N–H and O–H groups in total. The number of pyridine rings is 1. The van der Waals surface area contributed by atoms with Gasteiger partial charge in [0.15, 0.2) is 0 Å². The third-order valence-electron chi connectivity index (χ3n) is 1.22. The Bertz CT molecular complexity index is 342. The molecular formula is C8H8ClF3N2OS. The third-order valence-corrected chi connectivity index (χ3v) is 2.15. The Morgan fingerprint density at radius 3 is 2.25 bits per heavy atom. The molecule has 8 heteroatoms. The molecule has 0 unspecified atom stereocenters. The Morgan fingerprint density at radius 1 is 1.50 bits per heavy atom. The zero-order valence-electron chi connectivity index (χ0n) is 8.08. The van der Waals surface area contributed by atoms with Crippen molar-refractivity contribution in [2.75, 3.05) is 6.26 Å². The number of alkyl halides is 3. The van der Waals surface area contributed by atoms with Gasteiger partial charge in [-0.2, -0.15) is 13.2 Å². The van der Waals surface area contributed by atoms with E-state index in [0.29, 0.717) is 5.15 Å². The smallest absolute Gasteiger partial charge is 0.362 e. The summed E-state index contributed by atoms with van der Waals surface area (Å²) in [5.41, 5.74) is 3.81. The molecule has 0 spiro atoms. The first-order chi connectivity index (χ1) is 7.27. The van der Waals surface area contributed by atoms with E-state index in [0.717, 1.165) is 4.90 Å². The number of nitrogens with zero attached hydrogens (tertiary/aromatic N) is 1. The fourth-order valence-electron chi connectivity index (χ4n) is 0.483. The van der Waals surface area contributed by atoms with Crippen LogP contribution in [0.4, 0.5) is 13.2 Å². The molecule has 1 heterocycles. The van der Waals surface area contributed by atoms with Gasteiger partial charge in [0.1, 0.15) is 5.15 Å². The van der Waals surface area contributed by atoms with Crippen molar-refractivity contribution >= 4 is 29.3 Å². The van der Waals surface area contributed by atoms with Crippen LogP contribution in [0.3, 0.4) is 0 Å². The molecule has 16 heavy (non-hydrogen) atoms. The van der Waals surface area contributed by atoms with Gasteiger partial charge in [0, 0.05) is 11.1 Å². The van der Waals surface area contributed by atoms with Crippen LogP contribution in [-0.2, 0) is 4.79 Å². The van der Waals surface area contributed by atoms with E-state index in [1.807, 2.05) is 12.3 Å². The van der Waals surface area contributed by atoms with Crippen LogP contribution in [0.5, 0.6) is 0 Å². The number of nitrogens with two attached hydrogens (primary N) is 1. The highest BCUT2D eigenvalue weighted by Gasteiger charge is 2.35. The number of halogens is 4. The zero-order chi connectivity index (χ0) is 12.8. The van der Waals surface area contributed by atoms with Crippen molar-refractivity contribution in [1.29, 1.82) is 0 Å². The molecule has 1 amide bonds. The van der Waals surface area contributed by atoms with Crippen LogP contribution in [0.25, 0.3) is 0 Å². The lowest BCUT2D eigenvalue weighted by Crippen LogP contribution is -2.30. The van der Waals surface area contributed by atoms with Crippen molar-refractivity contribution in [2.45, 2.75) is 11.1 Å². The Hall–Kier alpha value is -0.950. The fourth-order valence-corrected chi connectivity index (χ4v) is 0.957. The minimum Gasteiger partial charge on any atom is -0.362 e. The maximum absolute atomic E-state index is 10.7. The van der Waals surface area contributed by atoms with Crippen molar-refractivity contribution < 1.29 is 18.0 Å². The molecule has 0 aromatic carbocycles. The second kappa shape index (κ2) is 6.59. The lowest BCUT2D eigenvalue weighted by molar-refractivity contribution is -0.169. The van der Waals surface area contributed by atoms with Crippen LogP contribution in [0.2, 0.25) is 5.15 Å². The molecule has 0 radical (unpaired) electrons. The van der Waals surface area contributed by atoms with Crippen molar-refractivity contribution in [2.24, 2.45) is 5.73 Å². The molecule has 0 atom stereocenters. The molecular weight excluding hydrogens is 265 g/mol. The van der Waals surface area contributed by atoms with Gasteiger partial charge in [0.05, 0.1) is 0 Å². The lowest BCUT2D eigenvalue weighted by atomic mass is 10.5. The molecule has 0 bridgehead atoms. The minimum absolute atomic E-state index is 0.549. The lowest BCUT2D eigenvalue weighted by Gasteiger charge is -1.95. The van der Waals surface area contributed by atoms with E-state index in [-0.39, 0.29) is 0 Å². The predicted molar refractivity (Wildman–Crippen MR) is 56.3 cm³/mol. The van der Waals surface area contributed by atoms with E-state index in [1.54, 1.807) is 24.0 Å². The molecule has 3 nitrogen and oxygen atoms in total. The third kappa shape index (κ3) is 6.52. The molecule has 90 valence electrons. The Balaban J connectivity index is 0.000000293. The van der Waals surface area contributed by atoms with Gasteiger partial charge in [-0.15, -0.1) is 11.8 Å². The summed E-state index contributed by atoms with van der Waals surface area (Å²) in [6, 6.07) is 3.73. The Morgan fingerprint density at radius 2 is 2.00 bits per heavy atom. The molecule has 1 rings (SSSR count). The number of hydrogen-bond donors (Lipinski definition) is 1. The first kappa shape index (κ1) is 15.0. The fraction of sp³-hybridized carbons (Fsp3) is 0.250. The van der Waals surface area contributed by atoms with E-state index >= 15 is 0 Å². The van der Waals surface area contributed by atoms with Gasteiger partial charge in [-0.3, -0.25) is 4.79 Å². The zero-order valence-corrected chi connectivity index (χ0v) is 9.66. The summed E-state index contributed by atoms with van der Waals surface area (Å²) in [5, 5.41) is 0.549. The molecule has 0 aliphatic heterocycles. The first-order valence-corrected chi connectivity index (χ1v) is 5.39. The number of amides is 1. The summed E-state index contributed by atoms with van der Waals surface area (Å²) in [4.78, 5) is 14.2. The maximum atomic E-state index is 10.7. The van der Waals surface area contributed by atoms with Crippen molar-refractivity contribution in [1.82, 2.24) is 4.98 Å². The summed E-state index contributed by atoms with van der Waals surface area (Å²) in [6.07, 6.45) is -1.10. The van der Waals surface area contributed by atoms with Crippen molar-refractivity contribution in [3.63, 3.8) is 0 Å². The normalized spacial score (nSPS) is 10.3. The summed E-state index contributed by atoms with van der Waals surface area (Å²) < 4.78 is 32.1. The quantitative estimate of drug-likeness (QED) is 0.631. The number of carbonyl (C=O) groups excluding carboxylic acids is 1.